The first-order chi connectivity index (χ1) is 11.8. The lowest BCUT2D eigenvalue weighted by Gasteiger charge is -2.39. The monoisotopic (exact) mass is 363 g/mol. The van der Waals surface area contributed by atoms with Crippen LogP contribution in [-0.4, -0.2) is 57.8 Å². The third-order valence-corrected chi connectivity index (χ3v) is 5.35. The van der Waals surface area contributed by atoms with Crippen molar-refractivity contribution in [2.75, 3.05) is 13.1 Å². The summed E-state index contributed by atoms with van der Waals surface area (Å²) in [5.41, 5.74) is 0.597. The largest absolute Gasteiger partial charge is 0.498 e. The Morgan fingerprint density at radius 2 is 1.77 bits per heavy atom. The van der Waals surface area contributed by atoms with Crippen LogP contribution in [0.1, 0.15) is 60.2 Å². The number of ether oxygens (including phenoxy) is 1. The van der Waals surface area contributed by atoms with Crippen molar-refractivity contribution in [2.24, 2.45) is 0 Å². The van der Waals surface area contributed by atoms with Crippen LogP contribution in [0.2, 0.25) is 0 Å². The Hall–Kier alpha value is -1.54. The van der Waals surface area contributed by atoms with E-state index in [4.69, 9.17) is 14.0 Å². The van der Waals surface area contributed by atoms with Gasteiger partial charge in [0.25, 0.3) is 0 Å². The van der Waals surface area contributed by atoms with Gasteiger partial charge in [0, 0.05) is 24.7 Å². The van der Waals surface area contributed by atoms with E-state index in [2.05, 4.69) is 5.10 Å². The van der Waals surface area contributed by atoms with Gasteiger partial charge in [0.05, 0.1) is 22.9 Å². The topological polar surface area (TPSA) is 65.8 Å². The van der Waals surface area contributed by atoms with Crippen molar-refractivity contribution in [3.63, 3.8) is 0 Å². The van der Waals surface area contributed by atoms with Crippen molar-refractivity contribution in [3.8, 4) is 0 Å². The molecule has 0 aliphatic carbocycles. The summed E-state index contributed by atoms with van der Waals surface area (Å²) in [6.45, 7) is 16.9. The highest BCUT2D eigenvalue weighted by Gasteiger charge is 2.52. The first-order valence-electron chi connectivity index (χ1n) is 9.18. The molecule has 3 heterocycles. The molecule has 0 radical (unpaired) electrons. The van der Waals surface area contributed by atoms with Crippen molar-refractivity contribution >= 4 is 18.7 Å². The maximum atomic E-state index is 12.1. The van der Waals surface area contributed by atoms with Crippen LogP contribution in [0.5, 0.6) is 0 Å². The number of likely N-dealkylation sites (tertiary alicyclic amines) is 1. The van der Waals surface area contributed by atoms with E-state index in [-0.39, 0.29) is 23.3 Å². The normalized spacial score (nSPS) is 22.5. The molecule has 0 unspecified atom stereocenters. The molecule has 26 heavy (non-hydrogen) atoms. The number of nitrogens with zero attached hydrogens (tertiary/aromatic N) is 3. The van der Waals surface area contributed by atoms with Crippen molar-refractivity contribution in [3.05, 3.63) is 11.9 Å². The number of hydrogen-bond acceptors (Lipinski definition) is 5. The fourth-order valence-corrected chi connectivity index (χ4v) is 2.98. The Morgan fingerprint density at radius 3 is 2.27 bits per heavy atom. The van der Waals surface area contributed by atoms with E-state index >= 15 is 0 Å². The molecule has 8 heteroatoms. The van der Waals surface area contributed by atoms with Crippen LogP contribution in [0, 0.1) is 6.92 Å². The summed E-state index contributed by atoms with van der Waals surface area (Å²) in [4.78, 5) is 13.8. The van der Waals surface area contributed by atoms with Crippen LogP contribution < -0.4 is 5.46 Å². The lowest BCUT2D eigenvalue weighted by molar-refractivity contribution is -0.000409. The van der Waals surface area contributed by atoms with E-state index < -0.39 is 12.7 Å². The molecule has 2 aliphatic heterocycles. The SMILES string of the molecule is Cc1nn(C2CN(C(=O)OC(C)(C)C)C2)cc1B1OC(C)(C)C(C)(C)O1. The Morgan fingerprint density at radius 1 is 1.23 bits per heavy atom. The lowest BCUT2D eigenvalue weighted by atomic mass is 9.79. The molecular formula is C18H30BN3O4. The summed E-state index contributed by atoms with van der Waals surface area (Å²) >= 11 is 0. The molecule has 2 fully saturated rings. The standard InChI is InChI=1S/C18H30BN3O4/c1-12-14(19-25-17(5,6)18(7,8)26-19)11-22(20-12)13-9-21(10-13)15(23)24-16(2,3)4/h11,13H,9-10H2,1-8H3. The first-order valence-corrected chi connectivity index (χ1v) is 9.18. The van der Waals surface area contributed by atoms with Gasteiger partial charge >= 0.3 is 13.2 Å². The minimum Gasteiger partial charge on any atom is -0.444 e. The van der Waals surface area contributed by atoms with Gasteiger partial charge < -0.3 is 18.9 Å². The van der Waals surface area contributed by atoms with E-state index in [1.54, 1.807) is 4.90 Å². The van der Waals surface area contributed by atoms with Gasteiger partial charge in [-0.1, -0.05) is 0 Å². The maximum absolute atomic E-state index is 12.1. The Bertz CT molecular complexity index is 686. The average Bonchev–Trinajstić information content (AvgIpc) is 2.83. The summed E-state index contributed by atoms with van der Waals surface area (Å²) in [6, 6.07) is 0.150. The zero-order chi connectivity index (χ0) is 19.5. The number of amides is 1. The first kappa shape index (κ1) is 19.2. The zero-order valence-corrected chi connectivity index (χ0v) is 17.1. The molecule has 0 saturated carbocycles. The van der Waals surface area contributed by atoms with Crippen LogP contribution in [0.25, 0.3) is 0 Å². The molecule has 2 aliphatic rings. The maximum Gasteiger partial charge on any atom is 0.498 e. The highest BCUT2D eigenvalue weighted by Crippen LogP contribution is 2.36. The van der Waals surface area contributed by atoms with Gasteiger partial charge in [-0.3, -0.25) is 4.68 Å². The summed E-state index contributed by atoms with van der Waals surface area (Å²) in [5.74, 6) is 0. The van der Waals surface area contributed by atoms with E-state index in [0.717, 1.165) is 11.2 Å². The molecule has 1 aromatic rings. The average molecular weight is 363 g/mol. The molecule has 3 rings (SSSR count). The van der Waals surface area contributed by atoms with E-state index in [0.29, 0.717) is 13.1 Å². The smallest absolute Gasteiger partial charge is 0.444 e. The number of carbonyl (C=O) groups is 1. The van der Waals surface area contributed by atoms with Crippen molar-refractivity contribution in [1.82, 2.24) is 14.7 Å². The minimum atomic E-state index is -0.478. The van der Waals surface area contributed by atoms with Crippen LogP contribution in [0.15, 0.2) is 6.20 Å². The molecule has 0 N–H and O–H groups in total. The van der Waals surface area contributed by atoms with Crippen LogP contribution >= 0.6 is 0 Å². The van der Waals surface area contributed by atoms with Crippen LogP contribution in [-0.2, 0) is 14.0 Å². The second-order valence-corrected chi connectivity index (χ2v) is 9.28. The van der Waals surface area contributed by atoms with Gasteiger partial charge in [0.15, 0.2) is 0 Å². The van der Waals surface area contributed by atoms with Crippen molar-refractivity contribution in [1.29, 1.82) is 0 Å². The Kier molecular flexibility index (Phi) is 4.43. The van der Waals surface area contributed by atoms with Crippen molar-refractivity contribution < 1.29 is 18.8 Å². The van der Waals surface area contributed by atoms with E-state index in [1.165, 1.54) is 0 Å². The number of aromatic nitrogens is 2. The fraction of sp³-hybridized carbons (Fsp3) is 0.778. The lowest BCUT2D eigenvalue weighted by Crippen LogP contribution is -2.52. The van der Waals surface area contributed by atoms with Gasteiger partial charge in [-0.2, -0.15) is 5.10 Å². The van der Waals surface area contributed by atoms with Gasteiger partial charge in [-0.15, -0.1) is 0 Å². The highest BCUT2D eigenvalue weighted by molar-refractivity contribution is 6.62. The molecule has 1 amide bonds. The van der Waals surface area contributed by atoms with Crippen LogP contribution in [0.4, 0.5) is 4.79 Å². The van der Waals surface area contributed by atoms with Crippen LogP contribution in [0.3, 0.4) is 0 Å². The second kappa shape index (κ2) is 5.99. The minimum absolute atomic E-state index is 0.150. The predicted molar refractivity (Wildman–Crippen MR) is 99.5 cm³/mol. The molecule has 1 aromatic heterocycles. The Balaban J connectivity index is 1.65. The predicted octanol–water partition coefficient (Wildman–Crippen LogP) is 2.28. The summed E-state index contributed by atoms with van der Waals surface area (Å²) in [7, 11) is -0.421. The third kappa shape index (κ3) is 3.49. The molecule has 0 bridgehead atoms. The number of rotatable bonds is 2. The molecule has 144 valence electrons. The van der Waals surface area contributed by atoms with Gasteiger partial charge in [-0.25, -0.2) is 4.79 Å². The zero-order valence-electron chi connectivity index (χ0n) is 17.1. The summed E-state index contributed by atoms with van der Waals surface area (Å²) in [6.07, 6.45) is 1.71. The third-order valence-electron chi connectivity index (χ3n) is 5.35. The molecule has 0 spiro atoms. The number of carbonyl (C=O) groups excluding carboxylic acids is 1. The number of aryl methyl sites for hydroxylation is 1. The van der Waals surface area contributed by atoms with Crippen molar-refractivity contribution in [2.45, 2.75) is 78.2 Å². The fourth-order valence-electron chi connectivity index (χ4n) is 2.98. The summed E-state index contributed by atoms with van der Waals surface area (Å²) in [5, 5.41) is 4.62. The molecule has 0 aromatic carbocycles. The molecule has 7 nitrogen and oxygen atoms in total. The molecular weight excluding hydrogens is 333 g/mol. The van der Waals surface area contributed by atoms with E-state index in [1.807, 2.05) is 66.3 Å². The molecule has 2 saturated heterocycles. The summed E-state index contributed by atoms with van der Waals surface area (Å²) < 4.78 is 19.6. The highest BCUT2D eigenvalue weighted by atomic mass is 16.7. The second-order valence-electron chi connectivity index (χ2n) is 9.28. The molecule has 0 atom stereocenters. The van der Waals surface area contributed by atoms with Gasteiger partial charge in [-0.05, 0) is 55.4 Å². The number of hydrogen-bond donors (Lipinski definition) is 0. The Labute approximate surface area is 156 Å². The van der Waals surface area contributed by atoms with Gasteiger partial charge in [0.2, 0.25) is 0 Å². The van der Waals surface area contributed by atoms with Gasteiger partial charge in [0.1, 0.15) is 5.60 Å². The quantitative estimate of drug-likeness (QED) is 0.755. The van der Waals surface area contributed by atoms with E-state index in [9.17, 15) is 4.79 Å².